The average molecular weight is 275 g/mol. The lowest BCUT2D eigenvalue weighted by atomic mass is 10.0. The summed E-state index contributed by atoms with van der Waals surface area (Å²) in [5, 5.41) is 11.2. The van der Waals surface area contributed by atoms with Crippen molar-refractivity contribution in [2.75, 3.05) is 26.8 Å². The maximum atomic E-state index is 11.9. The van der Waals surface area contributed by atoms with Crippen LogP contribution in [-0.2, 0) is 14.3 Å². The summed E-state index contributed by atoms with van der Waals surface area (Å²) in [7, 11) is 1.44. The zero-order valence-electron chi connectivity index (χ0n) is 11.4. The Morgan fingerprint density at radius 3 is 2.32 bits per heavy atom. The molecule has 110 valence electrons. The third-order valence-electron chi connectivity index (χ3n) is 2.43. The van der Waals surface area contributed by atoms with E-state index in [4.69, 9.17) is 15.6 Å². The molecule has 0 saturated heterocycles. The van der Waals surface area contributed by atoms with E-state index >= 15 is 0 Å². The molecule has 0 heterocycles. The molecule has 3 amide bonds. The van der Waals surface area contributed by atoms with Crippen molar-refractivity contribution in [3.8, 4) is 0 Å². The molecule has 0 aromatic rings. The molecule has 8 nitrogen and oxygen atoms in total. The van der Waals surface area contributed by atoms with Crippen molar-refractivity contribution in [2.24, 2.45) is 11.7 Å². The summed E-state index contributed by atoms with van der Waals surface area (Å²) in [6.07, 6.45) is 0. The Labute approximate surface area is 111 Å². The predicted octanol–water partition coefficient (Wildman–Crippen LogP) is -0.761. The summed E-state index contributed by atoms with van der Waals surface area (Å²) in [4.78, 5) is 34.8. The van der Waals surface area contributed by atoms with Crippen molar-refractivity contribution in [3.63, 3.8) is 0 Å². The van der Waals surface area contributed by atoms with Gasteiger partial charge < -0.3 is 25.8 Å². The van der Waals surface area contributed by atoms with E-state index in [1.807, 2.05) is 0 Å². The molecule has 1 unspecified atom stereocenters. The Hall–Kier alpha value is -1.83. The SMILES string of the molecule is COCCN(CC(=O)O)C(=O)NC(C(N)=O)C(C)C. The van der Waals surface area contributed by atoms with Crippen LogP contribution in [-0.4, -0.2) is 60.8 Å². The van der Waals surface area contributed by atoms with E-state index in [9.17, 15) is 14.4 Å². The molecule has 8 heteroatoms. The Morgan fingerprint density at radius 2 is 1.95 bits per heavy atom. The Kier molecular flexibility index (Phi) is 7.50. The smallest absolute Gasteiger partial charge is 0.323 e. The lowest BCUT2D eigenvalue weighted by Gasteiger charge is -2.25. The number of carboxylic acids is 1. The highest BCUT2D eigenvalue weighted by Gasteiger charge is 2.25. The highest BCUT2D eigenvalue weighted by molar-refractivity contribution is 5.87. The van der Waals surface area contributed by atoms with E-state index in [-0.39, 0.29) is 19.1 Å². The fourth-order valence-electron chi connectivity index (χ4n) is 1.41. The van der Waals surface area contributed by atoms with Crippen molar-refractivity contribution >= 4 is 17.9 Å². The molecule has 19 heavy (non-hydrogen) atoms. The van der Waals surface area contributed by atoms with E-state index in [0.29, 0.717) is 0 Å². The van der Waals surface area contributed by atoms with Gasteiger partial charge >= 0.3 is 12.0 Å². The van der Waals surface area contributed by atoms with Crippen LogP contribution in [0, 0.1) is 5.92 Å². The molecule has 0 fully saturated rings. The van der Waals surface area contributed by atoms with Crippen LogP contribution >= 0.6 is 0 Å². The lowest BCUT2D eigenvalue weighted by Crippen LogP contribution is -2.53. The van der Waals surface area contributed by atoms with Crippen molar-refractivity contribution < 1.29 is 24.2 Å². The molecule has 0 aliphatic heterocycles. The molecule has 0 spiro atoms. The monoisotopic (exact) mass is 275 g/mol. The molecule has 0 radical (unpaired) electrons. The number of urea groups is 1. The number of carbonyl (C=O) groups excluding carboxylic acids is 2. The summed E-state index contributed by atoms with van der Waals surface area (Å²) in [5.41, 5.74) is 5.17. The van der Waals surface area contributed by atoms with Gasteiger partial charge in [-0.1, -0.05) is 13.8 Å². The zero-order chi connectivity index (χ0) is 15.0. The number of nitrogens with two attached hydrogens (primary N) is 1. The third-order valence-corrected chi connectivity index (χ3v) is 2.43. The number of nitrogens with one attached hydrogen (secondary N) is 1. The first kappa shape index (κ1) is 17.2. The minimum absolute atomic E-state index is 0.109. The van der Waals surface area contributed by atoms with Crippen LogP contribution < -0.4 is 11.1 Å². The predicted molar refractivity (Wildman–Crippen MR) is 67.4 cm³/mol. The molecule has 0 aliphatic rings. The second-order valence-electron chi connectivity index (χ2n) is 4.38. The van der Waals surface area contributed by atoms with Gasteiger partial charge in [-0.05, 0) is 5.92 Å². The minimum Gasteiger partial charge on any atom is -0.480 e. The number of nitrogens with zero attached hydrogens (tertiary/aromatic N) is 1. The number of aliphatic carboxylic acids is 1. The number of hydrogen-bond donors (Lipinski definition) is 3. The van der Waals surface area contributed by atoms with Crippen molar-refractivity contribution in [2.45, 2.75) is 19.9 Å². The largest absolute Gasteiger partial charge is 0.480 e. The highest BCUT2D eigenvalue weighted by Crippen LogP contribution is 2.02. The highest BCUT2D eigenvalue weighted by atomic mass is 16.5. The van der Waals surface area contributed by atoms with Crippen LogP contribution in [0.25, 0.3) is 0 Å². The molecule has 0 bridgehead atoms. The Bertz CT molecular complexity index is 332. The van der Waals surface area contributed by atoms with Gasteiger partial charge in [0.25, 0.3) is 0 Å². The molecule has 0 saturated carbocycles. The number of methoxy groups -OCH3 is 1. The Morgan fingerprint density at radius 1 is 1.37 bits per heavy atom. The van der Waals surface area contributed by atoms with Crippen LogP contribution in [0.2, 0.25) is 0 Å². The first-order chi connectivity index (χ1) is 8.79. The number of carboxylic acid groups (broad SMARTS) is 1. The quantitative estimate of drug-likeness (QED) is 0.537. The molecular formula is C11H21N3O5. The molecular weight excluding hydrogens is 254 g/mol. The van der Waals surface area contributed by atoms with Gasteiger partial charge in [-0.15, -0.1) is 0 Å². The standard InChI is InChI=1S/C11H21N3O5/c1-7(2)9(10(12)17)13-11(18)14(4-5-19-3)6-8(15)16/h7,9H,4-6H2,1-3H3,(H2,12,17)(H,13,18)(H,15,16). The van der Waals surface area contributed by atoms with E-state index in [1.54, 1.807) is 13.8 Å². The van der Waals surface area contributed by atoms with Gasteiger partial charge in [0.05, 0.1) is 6.61 Å². The van der Waals surface area contributed by atoms with Gasteiger partial charge in [-0.3, -0.25) is 9.59 Å². The van der Waals surface area contributed by atoms with Crippen molar-refractivity contribution in [3.05, 3.63) is 0 Å². The topological polar surface area (TPSA) is 122 Å². The van der Waals surface area contributed by atoms with Gasteiger partial charge in [0.1, 0.15) is 12.6 Å². The van der Waals surface area contributed by atoms with Crippen LogP contribution in [0.15, 0.2) is 0 Å². The molecule has 1 atom stereocenters. The number of carbonyl (C=O) groups is 3. The normalized spacial score (nSPS) is 12.0. The maximum absolute atomic E-state index is 11.9. The molecule has 0 aliphatic carbocycles. The first-order valence-corrected chi connectivity index (χ1v) is 5.85. The van der Waals surface area contributed by atoms with Crippen molar-refractivity contribution in [1.29, 1.82) is 0 Å². The third kappa shape index (κ3) is 6.61. The molecule has 0 rings (SSSR count). The van der Waals surface area contributed by atoms with Gasteiger partial charge in [-0.25, -0.2) is 4.79 Å². The van der Waals surface area contributed by atoms with Crippen LogP contribution in [0.1, 0.15) is 13.8 Å². The van der Waals surface area contributed by atoms with E-state index < -0.39 is 30.5 Å². The molecule has 4 N–H and O–H groups in total. The van der Waals surface area contributed by atoms with Crippen LogP contribution in [0.5, 0.6) is 0 Å². The summed E-state index contributed by atoms with van der Waals surface area (Å²) < 4.78 is 4.80. The summed E-state index contributed by atoms with van der Waals surface area (Å²) in [5.74, 6) is -1.99. The summed E-state index contributed by atoms with van der Waals surface area (Å²) in [6, 6.07) is -1.50. The van der Waals surface area contributed by atoms with Gasteiger partial charge in [0.15, 0.2) is 0 Å². The number of ether oxygens (including phenoxy) is 1. The second-order valence-corrected chi connectivity index (χ2v) is 4.38. The zero-order valence-corrected chi connectivity index (χ0v) is 11.4. The van der Waals surface area contributed by atoms with Crippen molar-refractivity contribution in [1.82, 2.24) is 10.2 Å². The second kappa shape index (κ2) is 8.30. The Balaban J connectivity index is 4.68. The van der Waals surface area contributed by atoms with E-state index in [0.717, 1.165) is 4.90 Å². The van der Waals surface area contributed by atoms with Crippen LogP contribution in [0.3, 0.4) is 0 Å². The number of amides is 3. The summed E-state index contributed by atoms with van der Waals surface area (Å²) >= 11 is 0. The average Bonchev–Trinajstić information content (AvgIpc) is 2.29. The fraction of sp³-hybridized carbons (Fsp3) is 0.727. The van der Waals surface area contributed by atoms with Gasteiger partial charge in [-0.2, -0.15) is 0 Å². The minimum atomic E-state index is -1.15. The summed E-state index contributed by atoms with van der Waals surface area (Å²) in [6.45, 7) is 3.29. The molecule has 0 aromatic heterocycles. The van der Waals surface area contributed by atoms with E-state index in [2.05, 4.69) is 5.32 Å². The lowest BCUT2D eigenvalue weighted by molar-refractivity contribution is -0.137. The molecule has 0 aromatic carbocycles. The fourth-order valence-corrected chi connectivity index (χ4v) is 1.41. The van der Waals surface area contributed by atoms with E-state index in [1.165, 1.54) is 7.11 Å². The number of primary amides is 1. The van der Waals surface area contributed by atoms with Gasteiger partial charge in [0.2, 0.25) is 5.91 Å². The van der Waals surface area contributed by atoms with Crippen LogP contribution in [0.4, 0.5) is 4.79 Å². The van der Waals surface area contributed by atoms with Gasteiger partial charge in [0, 0.05) is 13.7 Å². The number of hydrogen-bond acceptors (Lipinski definition) is 4. The maximum Gasteiger partial charge on any atom is 0.323 e. The number of rotatable bonds is 8. The first-order valence-electron chi connectivity index (χ1n) is 5.85.